The van der Waals surface area contributed by atoms with Gasteiger partial charge in [-0.25, -0.2) is 18.7 Å². The first-order valence-corrected chi connectivity index (χ1v) is 9.69. The maximum absolute atomic E-state index is 13.7. The van der Waals surface area contributed by atoms with E-state index in [9.17, 15) is 14.3 Å². The molecule has 0 aliphatic carbocycles. The van der Waals surface area contributed by atoms with Gasteiger partial charge >= 0.3 is 6.03 Å². The van der Waals surface area contributed by atoms with Gasteiger partial charge in [-0.1, -0.05) is 12.1 Å². The Balaban J connectivity index is 1.42. The summed E-state index contributed by atoms with van der Waals surface area (Å²) >= 11 is 0. The van der Waals surface area contributed by atoms with E-state index in [1.807, 2.05) is 18.3 Å². The summed E-state index contributed by atoms with van der Waals surface area (Å²) in [5, 5.41) is 16.4. The maximum Gasteiger partial charge on any atom is 0.322 e. The van der Waals surface area contributed by atoms with E-state index in [-0.39, 0.29) is 17.9 Å². The molecule has 2 amide bonds. The van der Waals surface area contributed by atoms with Crippen molar-refractivity contribution in [2.45, 2.75) is 25.0 Å². The Hall–Kier alpha value is -3.20. The molecule has 5 rings (SSSR count). The van der Waals surface area contributed by atoms with Gasteiger partial charge in [-0.15, -0.1) is 0 Å². The summed E-state index contributed by atoms with van der Waals surface area (Å²) in [4.78, 5) is 20.7. The van der Waals surface area contributed by atoms with Crippen LogP contribution < -0.4 is 10.2 Å². The highest BCUT2D eigenvalue weighted by Crippen LogP contribution is 2.35. The molecule has 2 aliphatic heterocycles. The molecule has 2 aliphatic rings. The van der Waals surface area contributed by atoms with Crippen molar-refractivity contribution in [3.8, 4) is 0 Å². The quantitative estimate of drug-likeness (QED) is 0.710. The lowest BCUT2D eigenvalue weighted by Gasteiger charge is -2.35. The van der Waals surface area contributed by atoms with Gasteiger partial charge < -0.3 is 20.2 Å². The second kappa shape index (κ2) is 7.00. The van der Waals surface area contributed by atoms with Crippen LogP contribution in [0.25, 0.3) is 5.65 Å². The fourth-order valence-electron chi connectivity index (χ4n) is 4.02. The first kappa shape index (κ1) is 17.9. The van der Waals surface area contributed by atoms with E-state index in [1.54, 1.807) is 22.8 Å². The fraction of sp³-hybridized carbons (Fsp3) is 0.350. The van der Waals surface area contributed by atoms with Gasteiger partial charge in [0.15, 0.2) is 5.65 Å². The van der Waals surface area contributed by atoms with Gasteiger partial charge in [0.05, 0.1) is 31.4 Å². The van der Waals surface area contributed by atoms with Crippen LogP contribution in [0.2, 0.25) is 0 Å². The number of aliphatic hydroxyl groups is 1. The standard InChI is InChI=1S/C20H21FN6O2/c21-14-4-1-3-13(9-14)17-5-2-7-26(17)18-6-8-27-19(24-18)16(10-22-27)23-20(29)25-11-15(28)12-25/h1,3-4,6,8-10,15,17,28H,2,5,7,11-12H2,(H,23,29). The summed E-state index contributed by atoms with van der Waals surface area (Å²) in [6, 6.07) is 8.36. The SMILES string of the molecule is O=C(Nc1cnn2ccc(N3CCCC3c3cccc(F)c3)nc12)N1CC(O)C1. The molecule has 0 radical (unpaired) electrons. The van der Waals surface area contributed by atoms with Crippen LogP contribution in [-0.4, -0.2) is 56.4 Å². The fourth-order valence-corrected chi connectivity index (χ4v) is 4.02. The average molecular weight is 396 g/mol. The van der Waals surface area contributed by atoms with Crippen molar-refractivity contribution in [3.63, 3.8) is 0 Å². The molecular weight excluding hydrogens is 375 g/mol. The molecule has 2 N–H and O–H groups in total. The summed E-state index contributed by atoms with van der Waals surface area (Å²) in [6.45, 7) is 1.48. The summed E-state index contributed by atoms with van der Waals surface area (Å²) < 4.78 is 15.3. The lowest BCUT2D eigenvalue weighted by Crippen LogP contribution is -2.54. The van der Waals surface area contributed by atoms with Gasteiger partial charge in [0, 0.05) is 12.7 Å². The third-order valence-corrected chi connectivity index (χ3v) is 5.53. The van der Waals surface area contributed by atoms with E-state index >= 15 is 0 Å². The molecule has 1 atom stereocenters. The number of hydrogen-bond acceptors (Lipinski definition) is 5. The van der Waals surface area contributed by atoms with E-state index in [2.05, 4.69) is 15.3 Å². The number of nitrogens with zero attached hydrogens (tertiary/aromatic N) is 5. The monoisotopic (exact) mass is 396 g/mol. The zero-order chi connectivity index (χ0) is 20.0. The van der Waals surface area contributed by atoms with E-state index in [0.29, 0.717) is 24.4 Å². The highest BCUT2D eigenvalue weighted by molar-refractivity contribution is 5.93. The minimum atomic E-state index is -0.454. The Bertz CT molecular complexity index is 1060. The van der Waals surface area contributed by atoms with Crippen molar-refractivity contribution in [2.24, 2.45) is 0 Å². The zero-order valence-electron chi connectivity index (χ0n) is 15.7. The van der Waals surface area contributed by atoms with E-state index in [0.717, 1.165) is 30.8 Å². The van der Waals surface area contributed by atoms with Gasteiger partial charge in [0.1, 0.15) is 17.3 Å². The van der Waals surface area contributed by atoms with Crippen LogP contribution in [0.4, 0.5) is 20.7 Å². The number of benzene rings is 1. The van der Waals surface area contributed by atoms with Gasteiger partial charge in [0.25, 0.3) is 0 Å². The third kappa shape index (κ3) is 3.27. The minimum Gasteiger partial charge on any atom is -0.389 e. The number of aliphatic hydroxyl groups excluding tert-OH is 1. The Morgan fingerprint density at radius 3 is 2.93 bits per heavy atom. The predicted octanol–water partition coefficient (Wildman–Crippen LogP) is 2.42. The van der Waals surface area contributed by atoms with E-state index in [1.165, 1.54) is 11.0 Å². The Morgan fingerprint density at radius 2 is 2.14 bits per heavy atom. The van der Waals surface area contributed by atoms with E-state index < -0.39 is 6.10 Å². The molecule has 4 heterocycles. The number of rotatable bonds is 3. The second-order valence-electron chi connectivity index (χ2n) is 7.51. The molecule has 9 heteroatoms. The molecule has 0 spiro atoms. The number of anilines is 2. The first-order chi connectivity index (χ1) is 14.1. The van der Waals surface area contributed by atoms with Crippen LogP contribution >= 0.6 is 0 Å². The lowest BCUT2D eigenvalue weighted by molar-refractivity contribution is 0.0309. The summed E-state index contributed by atoms with van der Waals surface area (Å²) in [5.41, 5.74) is 1.99. The highest BCUT2D eigenvalue weighted by Gasteiger charge is 2.30. The highest BCUT2D eigenvalue weighted by atomic mass is 19.1. The van der Waals surface area contributed by atoms with Gasteiger partial charge in [-0.05, 0) is 36.6 Å². The topological polar surface area (TPSA) is 86.0 Å². The molecule has 1 aromatic carbocycles. The number of amides is 2. The number of halogens is 1. The third-order valence-electron chi connectivity index (χ3n) is 5.53. The normalized spacial score (nSPS) is 19.6. The number of β-amino-alcohol motifs (C(OH)–C–C–N with tert-alkyl or cyclic N) is 1. The van der Waals surface area contributed by atoms with Crippen molar-refractivity contribution >= 4 is 23.2 Å². The van der Waals surface area contributed by atoms with Crippen LogP contribution in [-0.2, 0) is 0 Å². The molecule has 3 aromatic rings. The molecule has 150 valence electrons. The number of aromatic nitrogens is 3. The van der Waals surface area contributed by atoms with Gasteiger partial charge in [-0.2, -0.15) is 5.10 Å². The van der Waals surface area contributed by atoms with Crippen molar-refractivity contribution in [3.05, 3.63) is 54.1 Å². The number of carbonyl (C=O) groups is 1. The molecule has 8 nitrogen and oxygen atoms in total. The summed E-state index contributed by atoms with van der Waals surface area (Å²) in [5.74, 6) is 0.522. The molecular formula is C20H21FN6O2. The van der Waals surface area contributed by atoms with Gasteiger partial charge in [-0.3, -0.25) is 0 Å². The van der Waals surface area contributed by atoms with E-state index in [4.69, 9.17) is 4.98 Å². The number of urea groups is 1. The smallest absolute Gasteiger partial charge is 0.322 e. The molecule has 2 fully saturated rings. The average Bonchev–Trinajstić information content (AvgIpc) is 3.32. The molecule has 0 saturated carbocycles. The second-order valence-corrected chi connectivity index (χ2v) is 7.51. The maximum atomic E-state index is 13.7. The number of nitrogens with one attached hydrogen (secondary N) is 1. The molecule has 1 unspecified atom stereocenters. The van der Waals surface area contributed by atoms with Crippen LogP contribution in [0, 0.1) is 5.82 Å². The molecule has 0 bridgehead atoms. The van der Waals surface area contributed by atoms with Crippen molar-refractivity contribution in [1.82, 2.24) is 19.5 Å². The van der Waals surface area contributed by atoms with Crippen molar-refractivity contribution in [2.75, 3.05) is 29.9 Å². The number of likely N-dealkylation sites (tertiary alicyclic amines) is 1. The Labute approximate surface area is 166 Å². The van der Waals surface area contributed by atoms with Gasteiger partial charge in [0.2, 0.25) is 0 Å². The lowest BCUT2D eigenvalue weighted by atomic mass is 10.0. The van der Waals surface area contributed by atoms with Crippen LogP contribution in [0.1, 0.15) is 24.4 Å². The summed E-state index contributed by atoms with van der Waals surface area (Å²) in [6.07, 6.45) is 4.84. The summed E-state index contributed by atoms with van der Waals surface area (Å²) in [7, 11) is 0. The number of hydrogen-bond donors (Lipinski definition) is 2. The number of fused-ring (bicyclic) bond motifs is 1. The zero-order valence-corrected chi connectivity index (χ0v) is 15.7. The van der Waals surface area contributed by atoms with Crippen LogP contribution in [0.3, 0.4) is 0 Å². The van der Waals surface area contributed by atoms with Crippen molar-refractivity contribution < 1.29 is 14.3 Å². The first-order valence-electron chi connectivity index (χ1n) is 9.69. The molecule has 2 saturated heterocycles. The Morgan fingerprint density at radius 1 is 1.28 bits per heavy atom. The predicted molar refractivity (Wildman–Crippen MR) is 105 cm³/mol. The van der Waals surface area contributed by atoms with Crippen LogP contribution in [0.15, 0.2) is 42.7 Å². The molecule has 2 aromatic heterocycles. The minimum absolute atomic E-state index is 0.0594. The Kier molecular flexibility index (Phi) is 4.31. The number of carbonyl (C=O) groups excluding carboxylic acids is 1. The van der Waals surface area contributed by atoms with Crippen molar-refractivity contribution in [1.29, 1.82) is 0 Å². The molecule has 29 heavy (non-hydrogen) atoms. The largest absolute Gasteiger partial charge is 0.389 e. The van der Waals surface area contributed by atoms with Crippen LogP contribution in [0.5, 0.6) is 0 Å².